The molecule has 12 aromatic carbocycles. The Labute approximate surface area is 658 Å². The zero-order valence-corrected chi connectivity index (χ0v) is 65.2. The van der Waals surface area contributed by atoms with Crippen LogP contribution in [-0.4, -0.2) is 64.0 Å². The Kier molecular flexibility index (Phi) is 43.7. The summed E-state index contributed by atoms with van der Waals surface area (Å²) in [5.41, 5.74) is 25.3. The average Bonchev–Trinajstić information content (AvgIpc) is 0.874. The largest absolute Gasteiger partial charge is 0.481 e. The van der Waals surface area contributed by atoms with E-state index in [0.29, 0.717) is 22.4 Å². The van der Waals surface area contributed by atoms with Gasteiger partial charge >= 0.3 is 17.1 Å². The molecular weight excluding hydrogens is 1440 g/mol. The van der Waals surface area contributed by atoms with Crippen molar-refractivity contribution in [2.75, 3.05) is 30.1 Å². The van der Waals surface area contributed by atoms with Crippen LogP contribution in [0.25, 0.3) is 0 Å². The van der Waals surface area contributed by atoms with Crippen LogP contribution in [0.1, 0.15) is 105 Å². The van der Waals surface area contributed by atoms with Crippen molar-refractivity contribution in [3.63, 3.8) is 0 Å². The minimum absolute atomic E-state index is 0. The van der Waals surface area contributed by atoms with Gasteiger partial charge in [-0.25, -0.2) is 0 Å². The van der Waals surface area contributed by atoms with Gasteiger partial charge in [0, 0.05) is 0 Å². The van der Waals surface area contributed by atoms with Crippen molar-refractivity contribution in [3.8, 4) is 0 Å². The number of thioether (sulfide) groups is 5. The molecule has 0 aliphatic carbocycles. The van der Waals surface area contributed by atoms with Crippen molar-refractivity contribution in [2.45, 2.75) is 38.4 Å². The van der Waals surface area contributed by atoms with Gasteiger partial charge in [0.25, 0.3) is 0 Å². The van der Waals surface area contributed by atoms with Crippen molar-refractivity contribution in [1.29, 1.82) is 0 Å². The lowest BCUT2D eigenvalue weighted by atomic mass is 10.0. The molecule has 0 aliphatic rings. The van der Waals surface area contributed by atoms with E-state index in [-0.39, 0.29) is 73.4 Å². The molecule has 12 rings (SSSR count). The molecule has 107 heavy (non-hydrogen) atoms. The van der Waals surface area contributed by atoms with Crippen molar-refractivity contribution in [3.05, 3.63) is 431 Å². The summed E-state index contributed by atoms with van der Waals surface area (Å²) in [6.45, 7) is 1.64. The summed E-state index contributed by atoms with van der Waals surface area (Å²) in [5, 5.41) is 15.8. The second-order valence-electron chi connectivity index (χ2n) is 23.1. The van der Waals surface area contributed by atoms with Crippen LogP contribution in [0.15, 0.2) is 364 Å². The average molecular weight is 1540 g/mol. The van der Waals surface area contributed by atoms with E-state index in [4.69, 9.17) is 26.7 Å². The zero-order valence-electron chi connectivity index (χ0n) is 60.3. The van der Waals surface area contributed by atoms with E-state index in [0.717, 1.165) is 11.1 Å². The number of ketones is 1. The minimum atomic E-state index is -0.781. The highest BCUT2D eigenvalue weighted by Crippen LogP contribution is 2.40. The number of nitrogens with two attached hydrogens (primary N) is 3. The molecule has 16 N–H and O–H groups in total. The number of ether oxygens (including phenoxy) is 1. The van der Waals surface area contributed by atoms with E-state index in [1.165, 1.54) is 86.3 Å². The van der Waals surface area contributed by atoms with Gasteiger partial charge in [0.2, 0.25) is 5.91 Å². The summed E-state index contributed by atoms with van der Waals surface area (Å²) in [4.78, 5) is 44.2. The Bertz CT molecular complexity index is 3880. The van der Waals surface area contributed by atoms with E-state index in [2.05, 4.69) is 134 Å². The molecule has 0 aliphatic heterocycles. The van der Waals surface area contributed by atoms with Crippen LogP contribution in [0.5, 0.6) is 0 Å². The van der Waals surface area contributed by atoms with E-state index in [1.54, 1.807) is 42.2 Å². The topological polar surface area (TPSA) is 280 Å². The van der Waals surface area contributed by atoms with Gasteiger partial charge in [0.15, 0.2) is 0 Å². The van der Waals surface area contributed by atoms with Gasteiger partial charge in [0.05, 0.1) is 61.6 Å². The molecule has 0 fully saturated rings. The number of amidine groups is 1. The first-order valence-electron chi connectivity index (χ1n) is 33.6. The lowest BCUT2D eigenvalue weighted by molar-refractivity contribution is -0.137. The number of hydrogen-bond donors (Lipinski definition) is 8. The van der Waals surface area contributed by atoms with Gasteiger partial charge in [-0.05, 0) is 85.4 Å². The Morgan fingerprint density at radius 2 is 0.514 bits per heavy atom. The first kappa shape index (κ1) is 89.6. The first-order chi connectivity index (χ1) is 50.8. The predicted molar refractivity (Wildman–Crippen MR) is 460 cm³/mol. The number of methoxy groups -OCH3 is 1. The summed E-state index contributed by atoms with van der Waals surface area (Å²) < 4.78 is 4.71. The molecule has 0 aromatic heterocycles. The minimum Gasteiger partial charge on any atom is -0.481 e. The molecule has 0 spiro atoms. The molecule has 0 bridgehead atoms. The van der Waals surface area contributed by atoms with Crippen molar-refractivity contribution >= 4 is 100 Å². The normalized spacial score (nSPS) is 10.2. The van der Waals surface area contributed by atoms with Gasteiger partial charge in [-0.3, -0.25) is 30.3 Å². The summed E-state index contributed by atoms with van der Waals surface area (Å²) >= 11 is 12.4. The van der Waals surface area contributed by atoms with Crippen molar-refractivity contribution in [2.24, 2.45) is 11.5 Å². The number of esters is 1. The molecule has 0 saturated heterocycles. The Hall–Kier alpha value is -9.83. The molecule has 0 saturated carbocycles. The van der Waals surface area contributed by atoms with E-state index >= 15 is 0 Å². The highest BCUT2D eigenvalue weighted by Gasteiger charge is 2.21. The summed E-state index contributed by atoms with van der Waals surface area (Å²) in [6, 6.07) is 122. The van der Waals surface area contributed by atoms with Crippen molar-refractivity contribution < 1.29 is 34.4 Å². The highest BCUT2D eigenvalue weighted by atomic mass is 32.2. The van der Waals surface area contributed by atoms with Crippen LogP contribution in [0, 0.1) is 0 Å². The number of rotatable bonds is 25. The standard InChI is InChI=1S/C16H16O2S.C16H16OS.C15H15NOS.C15H14O2S.C14H14N2S.C13H12S.3H3N/c1-18-15(17)12-19-16(13-8-4-2-5-9-13)14-10-6-3-7-11-14;1-13(17)12-18-16(14-8-4-2-5-9-14)15-10-6-3-7-11-15;2*16-14(17)11-18-15(12-7-3-1-4-8-12)13-9-5-2-6-10-13;15-14(16)17-13(11-7-3-1-4-8-11)12-9-5-2-6-10-12;14-13(11-7-3-1-4-8-11)12-9-5-2-6-10-12;;;/h2-11,16H,12H2,1H3;2-11,16H,12H2,1H3;1-10,15H,11H2,(H2,16,17);1-10,15H,11H2,(H,16,17);1-10,13H,(H3,15,16);1-10,13-14H;3*1H3/p+1. The third kappa shape index (κ3) is 33.2. The molecule has 554 valence electrons. The number of thiol groups is 1. The smallest absolute Gasteiger partial charge is 0.315 e. The predicted octanol–water partition coefficient (Wildman–Crippen LogP) is 20.1. The van der Waals surface area contributed by atoms with Gasteiger partial charge < -0.3 is 34.0 Å². The number of carbonyl (C=O) groups is 4. The Morgan fingerprint density at radius 1 is 0.327 bits per heavy atom. The quantitative estimate of drug-likeness (QED) is 0.0114. The number of benzene rings is 12. The van der Waals surface area contributed by atoms with E-state index in [9.17, 15) is 19.2 Å². The number of primary amides is 1. The van der Waals surface area contributed by atoms with E-state index in [1.807, 2.05) is 243 Å². The second-order valence-corrected chi connectivity index (χ2v) is 29.2. The fourth-order valence-electron chi connectivity index (χ4n) is 10.5. The third-order valence-electron chi connectivity index (χ3n) is 15.3. The SMILES string of the molecule is CC(=O)CSC(c1ccccc1)c1ccccc1.COC(=O)CSC(c1ccccc1)c1ccccc1.N.N.N.NC(=O)CSC(c1ccccc1)c1ccccc1.NC(=[NH2+])SC(c1ccccc1)c1ccccc1.O=C(O)CSC(c1ccccc1)c1ccccc1.SC(c1ccccc1)c1ccccc1. The molecular formula is C89H97N6O6S6+. The monoisotopic (exact) mass is 1540 g/mol. The molecule has 18 heteroatoms. The maximum absolute atomic E-state index is 11.3. The van der Waals surface area contributed by atoms with Gasteiger partial charge in [-0.1, -0.05) is 364 Å². The van der Waals surface area contributed by atoms with Gasteiger partial charge in [-0.2, -0.15) is 12.6 Å². The number of amides is 1. The highest BCUT2D eigenvalue weighted by molar-refractivity contribution is 8.13. The first-order valence-corrected chi connectivity index (χ1v) is 39.2. The van der Waals surface area contributed by atoms with Crippen LogP contribution >= 0.6 is 71.4 Å². The van der Waals surface area contributed by atoms with Crippen LogP contribution in [0.3, 0.4) is 0 Å². The van der Waals surface area contributed by atoms with Gasteiger partial charge in [0.1, 0.15) is 5.78 Å². The van der Waals surface area contributed by atoms with Crippen LogP contribution in [0.4, 0.5) is 0 Å². The summed E-state index contributed by atoms with van der Waals surface area (Å²) in [7, 11) is 1.42. The fraction of sp³-hybridized carbons (Fsp3) is 0.135. The number of hydrogen-bond acceptors (Lipinski definition) is 14. The Balaban J connectivity index is 0.000000270. The van der Waals surface area contributed by atoms with Crippen LogP contribution in [0.2, 0.25) is 0 Å². The number of aliphatic carboxylic acids is 1. The number of Topliss-reactive ketones (excluding diaryl/α,β-unsaturated/α-hetero) is 1. The Morgan fingerprint density at radius 3 is 0.701 bits per heavy atom. The lowest BCUT2D eigenvalue weighted by Crippen LogP contribution is -2.43. The molecule has 12 nitrogen and oxygen atoms in total. The second kappa shape index (κ2) is 52.2. The lowest BCUT2D eigenvalue weighted by Gasteiger charge is -2.17. The molecule has 12 aromatic rings. The molecule has 0 heterocycles. The fourth-order valence-corrected chi connectivity index (χ4v) is 15.9. The van der Waals surface area contributed by atoms with Crippen molar-refractivity contribution in [1.82, 2.24) is 18.5 Å². The maximum atomic E-state index is 11.3. The molecule has 0 unspecified atom stereocenters. The van der Waals surface area contributed by atoms with Crippen LogP contribution in [-0.2, 0) is 23.9 Å². The third-order valence-corrected chi connectivity index (χ3v) is 22.3. The van der Waals surface area contributed by atoms with Crippen LogP contribution < -0.4 is 35.3 Å². The van der Waals surface area contributed by atoms with E-state index < -0.39 is 5.97 Å². The number of carbonyl (C=O) groups excluding carboxylic acids is 3. The number of carboxylic acids is 1. The zero-order chi connectivity index (χ0) is 73.8. The molecule has 1 amide bonds. The molecule has 0 atom stereocenters. The molecule has 0 radical (unpaired) electrons. The maximum Gasteiger partial charge on any atom is 0.315 e. The van der Waals surface area contributed by atoms with Gasteiger partial charge in [-0.15, -0.1) is 47.0 Å². The summed E-state index contributed by atoms with van der Waals surface area (Å²) in [6.07, 6.45) is 0. The summed E-state index contributed by atoms with van der Waals surface area (Å²) in [5.74, 6) is 0.301. The number of carboxylic acid groups (broad SMARTS) is 1.